The first-order valence-corrected chi connectivity index (χ1v) is 7.91. The fraction of sp³-hybridized carbons (Fsp3) is 0.312. The summed E-state index contributed by atoms with van der Waals surface area (Å²) in [6.45, 7) is 0.488. The maximum Gasteiger partial charge on any atom is 0.328 e. The zero-order valence-electron chi connectivity index (χ0n) is 12.4. The number of likely N-dealkylation sites (tertiary alicyclic amines) is 1. The van der Waals surface area contributed by atoms with Gasteiger partial charge in [0.15, 0.2) is 0 Å². The summed E-state index contributed by atoms with van der Waals surface area (Å²) in [7, 11) is 1.32. The minimum absolute atomic E-state index is 0.222. The van der Waals surface area contributed by atoms with Crippen LogP contribution in [-0.2, 0) is 9.53 Å². The highest BCUT2D eigenvalue weighted by atomic mass is 35.5. The minimum atomic E-state index is -0.573. The molecule has 1 amide bonds. The summed E-state index contributed by atoms with van der Waals surface area (Å²) in [4.78, 5) is 30.4. The van der Waals surface area contributed by atoms with Crippen LogP contribution in [0.1, 0.15) is 23.3 Å². The van der Waals surface area contributed by atoms with Gasteiger partial charge in [-0.1, -0.05) is 23.2 Å². The van der Waals surface area contributed by atoms with Crippen LogP contribution in [0.4, 0.5) is 0 Å². The predicted octanol–water partition coefficient (Wildman–Crippen LogP) is 3.32. The van der Waals surface area contributed by atoms with E-state index in [0.717, 1.165) is 11.8 Å². The van der Waals surface area contributed by atoms with Crippen molar-refractivity contribution < 1.29 is 14.3 Å². The average Bonchev–Trinajstić information content (AvgIpc) is 3.02. The molecule has 3 rings (SSSR count). The van der Waals surface area contributed by atoms with Crippen molar-refractivity contribution in [1.29, 1.82) is 0 Å². The molecular weight excluding hydrogens is 339 g/mol. The standard InChI is InChI=1S/C16H14Cl2N2O3/c1-23-16(22)12-3-2-6-20(12)15(21)14-13-9(4-5-19-14)7-10(17)8-11(13)18/h4-5,7-8,12H,2-3,6H2,1H3. The molecule has 0 spiro atoms. The fourth-order valence-electron chi connectivity index (χ4n) is 2.92. The quantitative estimate of drug-likeness (QED) is 0.778. The van der Waals surface area contributed by atoms with E-state index in [9.17, 15) is 9.59 Å². The molecule has 1 aromatic carbocycles. The van der Waals surface area contributed by atoms with Gasteiger partial charge >= 0.3 is 5.97 Å². The lowest BCUT2D eigenvalue weighted by Crippen LogP contribution is -2.41. The fourth-order valence-corrected chi connectivity index (χ4v) is 3.52. The third-order valence-electron chi connectivity index (χ3n) is 3.97. The van der Waals surface area contributed by atoms with Crippen molar-refractivity contribution in [2.45, 2.75) is 18.9 Å². The second kappa shape index (κ2) is 6.34. The highest BCUT2D eigenvalue weighted by molar-refractivity contribution is 6.39. The number of carbonyl (C=O) groups is 2. The van der Waals surface area contributed by atoms with E-state index in [1.807, 2.05) is 0 Å². The summed E-state index contributed by atoms with van der Waals surface area (Å²) in [5.74, 6) is -0.738. The second-order valence-electron chi connectivity index (χ2n) is 5.33. The number of carbonyl (C=O) groups excluding carboxylic acids is 2. The molecular formula is C16H14Cl2N2O3. The van der Waals surface area contributed by atoms with Gasteiger partial charge in [0.25, 0.3) is 5.91 Å². The second-order valence-corrected chi connectivity index (χ2v) is 6.17. The molecule has 1 aliphatic rings. The van der Waals surface area contributed by atoms with E-state index in [2.05, 4.69) is 4.98 Å². The number of esters is 1. The van der Waals surface area contributed by atoms with E-state index in [0.29, 0.717) is 28.4 Å². The average molecular weight is 353 g/mol. The summed E-state index contributed by atoms with van der Waals surface area (Å²) in [6.07, 6.45) is 2.87. The lowest BCUT2D eigenvalue weighted by Gasteiger charge is -2.23. The maximum absolute atomic E-state index is 12.9. The summed E-state index contributed by atoms with van der Waals surface area (Å²) >= 11 is 12.3. The number of halogens is 2. The number of fused-ring (bicyclic) bond motifs is 1. The summed E-state index contributed by atoms with van der Waals surface area (Å²) in [5.41, 5.74) is 0.222. The van der Waals surface area contributed by atoms with Crippen LogP contribution in [0.15, 0.2) is 24.4 Å². The van der Waals surface area contributed by atoms with Gasteiger partial charge in [0, 0.05) is 23.2 Å². The van der Waals surface area contributed by atoms with Crippen LogP contribution in [0.25, 0.3) is 10.8 Å². The Morgan fingerprint density at radius 1 is 1.35 bits per heavy atom. The monoisotopic (exact) mass is 352 g/mol. The molecule has 0 bridgehead atoms. The molecule has 0 aliphatic carbocycles. The van der Waals surface area contributed by atoms with Crippen LogP contribution in [-0.4, -0.2) is 41.5 Å². The number of methoxy groups -OCH3 is 1. The van der Waals surface area contributed by atoms with E-state index in [4.69, 9.17) is 27.9 Å². The maximum atomic E-state index is 12.9. The molecule has 2 heterocycles. The van der Waals surface area contributed by atoms with Crippen LogP contribution >= 0.6 is 23.2 Å². The van der Waals surface area contributed by atoms with Crippen LogP contribution in [0.3, 0.4) is 0 Å². The normalized spacial score (nSPS) is 17.5. The lowest BCUT2D eigenvalue weighted by atomic mass is 10.1. The Morgan fingerprint density at radius 3 is 2.87 bits per heavy atom. The predicted molar refractivity (Wildman–Crippen MR) is 87.8 cm³/mol. The number of hydrogen-bond donors (Lipinski definition) is 0. The van der Waals surface area contributed by atoms with Crippen molar-refractivity contribution in [1.82, 2.24) is 9.88 Å². The Bertz CT molecular complexity index is 794. The van der Waals surface area contributed by atoms with Crippen molar-refractivity contribution in [2.24, 2.45) is 0 Å². The Hall–Kier alpha value is -1.85. The van der Waals surface area contributed by atoms with Gasteiger partial charge < -0.3 is 9.64 Å². The summed E-state index contributed by atoms with van der Waals surface area (Å²) < 4.78 is 4.78. The van der Waals surface area contributed by atoms with E-state index in [-0.39, 0.29) is 11.6 Å². The van der Waals surface area contributed by atoms with Gasteiger partial charge in [-0.2, -0.15) is 0 Å². The first-order valence-electron chi connectivity index (χ1n) is 7.15. The van der Waals surface area contributed by atoms with Gasteiger partial charge in [-0.05, 0) is 36.4 Å². The molecule has 0 N–H and O–H groups in total. The molecule has 1 aliphatic heterocycles. The first kappa shape index (κ1) is 16.0. The zero-order chi connectivity index (χ0) is 16.6. The number of benzene rings is 1. The SMILES string of the molecule is COC(=O)C1CCCN1C(=O)c1nccc2cc(Cl)cc(Cl)c12. The highest BCUT2D eigenvalue weighted by Gasteiger charge is 2.36. The van der Waals surface area contributed by atoms with Gasteiger partial charge in [-0.25, -0.2) is 4.79 Å². The van der Waals surface area contributed by atoms with Gasteiger partial charge in [0.1, 0.15) is 11.7 Å². The number of rotatable bonds is 2. The van der Waals surface area contributed by atoms with Crippen LogP contribution in [0.5, 0.6) is 0 Å². The van der Waals surface area contributed by atoms with Crippen molar-refractivity contribution in [2.75, 3.05) is 13.7 Å². The Balaban J connectivity index is 2.06. The third-order valence-corrected chi connectivity index (χ3v) is 4.49. The number of amides is 1. The van der Waals surface area contributed by atoms with Crippen LogP contribution in [0, 0.1) is 0 Å². The number of ether oxygens (including phenoxy) is 1. The van der Waals surface area contributed by atoms with Gasteiger partial charge in [-0.15, -0.1) is 0 Å². The molecule has 7 heteroatoms. The topological polar surface area (TPSA) is 59.5 Å². The van der Waals surface area contributed by atoms with Gasteiger partial charge in [0.05, 0.1) is 12.1 Å². The van der Waals surface area contributed by atoms with Crippen molar-refractivity contribution >= 4 is 45.9 Å². The van der Waals surface area contributed by atoms with Gasteiger partial charge in [0.2, 0.25) is 0 Å². The molecule has 0 radical (unpaired) electrons. The van der Waals surface area contributed by atoms with Crippen LogP contribution < -0.4 is 0 Å². The molecule has 23 heavy (non-hydrogen) atoms. The molecule has 5 nitrogen and oxygen atoms in total. The molecule has 1 atom stereocenters. The first-order chi connectivity index (χ1) is 11.0. The number of aromatic nitrogens is 1. The van der Waals surface area contributed by atoms with Crippen LogP contribution in [0.2, 0.25) is 10.0 Å². The van der Waals surface area contributed by atoms with E-state index in [1.165, 1.54) is 18.2 Å². The molecule has 0 saturated carbocycles. The Labute approximate surface area is 143 Å². The van der Waals surface area contributed by atoms with Crippen molar-refractivity contribution in [3.63, 3.8) is 0 Å². The zero-order valence-corrected chi connectivity index (χ0v) is 13.9. The van der Waals surface area contributed by atoms with Gasteiger partial charge in [-0.3, -0.25) is 9.78 Å². The lowest BCUT2D eigenvalue weighted by molar-refractivity contribution is -0.145. The van der Waals surface area contributed by atoms with E-state index >= 15 is 0 Å². The number of nitrogens with zero attached hydrogens (tertiary/aromatic N) is 2. The Kier molecular flexibility index (Phi) is 4.41. The summed E-state index contributed by atoms with van der Waals surface area (Å²) in [6, 6.07) is 4.47. The number of hydrogen-bond acceptors (Lipinski definition) is 4. The molecule has 1 aromatic heterocycles. The molecule has 120 valence electrons. The smallest absolute Gasteiger partial charge is 0.328 e. The molecule has 2 aromatic rings. The third kappa shape index (κ3) is 2.86. The largest absolute Gasteiger partial charge is 0.467 e. The highest BCUT2D eigenvalue weighted by Crippen LogP contribution is 2.31. The van der Waals surface area contributed by atoms with Crippen molar-refractivity contribution in [3.05, 3.63) is 40.1 Å². The molecule has 1 saturated heterocycles. The Morgan fingerprint density at radius 2 is 2.13 bits per heavy atom. The number of pyridine rings is 1. The molecule has 1 unspecified atom stereocenters. The van der Waals surface area contributed by atoms with E-state index in [1.54, 1.807) is 18.2 Å². The van der Waals surface area contributed by atoms with Crippen molar-refractivity contribution in [3.8, 4) is 0 Å². The summed E-state index contributed by atoms with van der Waals surface area (Å²) in [5, 5.41) is 2.12. The molecule has 1 fully saturated rings. The minimum Gasteiger partial charge on any atom is -0.467 e. The van der Waals surface area contributed by atoms with E-state index < -0.39 is 12.0 Å².